The van der Waals surface area contributed by atoms with Crippen LogP contribution in [-0.2, 0) is 6.42 Å². The van der Waals surface area contributed by atoms with Gasteiger partial charge in [-0.1, -0.05) is 36.4 Å². The highest BCUT2D eigenvalue weighted by atomic mass is 16.2. The Bertz CT molecular complexity index is 1120. The molecule has 1 saturated heterocycles. The van der Waals surface area contributed by atoms with Crippen LogP contribution in [0.4, 0.5) is 5.82 Å². The molecule has 0 saturated carbocycles. The van der Waals surface area contributed by atoms with Gasteiger partial charge in [0.15, 0.2) is 0 Å². The molecular formula is C24H24N4O2. The van der Waals surface area contributed by atoms with Gasteiger partial charge in [0.2, 0.25) is 0 Å². The normalized spacial score (nSPS) is 22.4. The first-order chi connectivity index (χ1) is 14.6. The molecule has 2 aromatic heterocycles. The van der Waals surface area contributed by atoms with Crippen molar-refractivity contribution in [3.63, 3.8) is 0 Å². The third kappa shape index (κ3) is 3.28. The van der Waals surface area contributed by atoms with E-state index in [-0.39, 0.29) is 29.3 Å². The summed E-state index contributed by atoms with van der Waals surface area (Å²) in [6, 6.07) is 19.2. The Hall–Kier alpha value is -3.41. The number of aromatic nitrogens is 2. The maximum Gasteiger partial charge on any atom is 0.255 e. The molecule has 4 heterocycles. The fraction of sp³-hybridized carbons (Fsp3) is 0.292. The number of amides is 1. The minimum atomic E-state index is -0.0256. The molecule has 5 rings (SSSR count). The van der Waals surface area contributed by atoms with Gasteiger partial charge in [-0.05, 0) is 42.5 Å². The van der Waals surface area contributed by atoms with Gasteiger partial charge in [-0.3, -0.25) is 9.59 Å². The van der Waals surface area contributed by atoms with E-state index in [1.807, 2.05) is 39.8 Å². The summed E-state index contributed by atoms with van der Waals surface area (Å²) in [5.41, 5.74) is 8.51. The lowest BCUT2D eigenvalue weighted by Crippen LogP contribution is -2.51. The first kappa shape index (κ1) is 18.6. The molecule has 2 aliphatic rings. The number of likely N-dealkylation sites (tertiary alicyclic amines) is 1. The second kappa shape index (κ2) is 7.44. The Morgan fingerprint density at radius 2 is 1.87 bits per heavy atom. The average molecular weight is 400 g/mol. The number of hydrogen-bond acceptors (Lipinski definition) is 4. The highest BCUT2D eigenvalue weighted by Crippen LogP contribution is 2.42. The Labute approximate surface area is 175 Å². The third-order valence-corrected chi connectivity index (χ3v) is 6.41. The number of nitrogens with zero attached hydrogens (tertiary/aromatic N) is 3. The molecule has 1 amide bonds. The Kier molecular flexibility index (Phi) is 4.62. The third-order valence-electron chi connectivity index (χ3n) is 6.41. The number of nitrogen functional groups attached to an aromatic ring is 1. The predicted octanol–water partition coefficient (Wildman–Crippen LogP) is 2.87. The molecule has 6 nitrogen and oxygen atoms in total. The summed E-state index contributed by atoms with van der Waals surface area (Å²) in [5.74, 6) is 0.762. The summed E-state index contributed by atoms with van der Waals surface area (Å²) in [5, 5.41) is 0. The number of rotatable bonds is 3. The van der Waals surface area contributed by atoms with E-state index in [0.29, 0.717) is 24.5 Å². The van der Waals surface area contributed by atoms with E-state index >= 15 is 0 Å². The van der Waals surface area contributed by atoms with Crippen LogP contribution in [0, 0.1) is 5.92 Å². The molecule has 1 aromatic carbocycles. The standard InChI is InChI=1S/C24H24N4O2/c25-22-10-9-17(13-26-22)24(30)27-14-18-12-19(15-27)21(11-16-5-2-1-3-6-16)28-20(18)7-4-8-23(28)29/h1-10,13,18-19,21H,11-12,14-15H2,(H2,25,26)/t18-,19+,21+/m1/s1. The maximum atomic E-state index is 13.2. The minimum absolute atomic E-state index is 0.0256. The van der Waals surface area contributed by atoms with E-state index in [4.69, 9.17) is 5.73 Å². The van der Waals surface area contributed by atoms with Crippen LogP contribution in [0.3, 0.4) is 0 Å². The summed E-state index contributed by atoms with van der Waals surface area (Å²) < 4.78 is 1.98. The zero-order valence-corrected chi connectivity index (χ0v) is 16.6. The predicted molar refractivity (Wildman–Crippen MR) is 115 cm³/mol. The highest BCUT2D eigenvalue weighted by molar-refractivity contribution is 5.94. The summed E-state index contributed by atoms with van der Waals surface area (Å²) in [6.07, 6.45) is 3.31. The molecule has 30 heavy (non-hydrogen) atoms. The van der Waals surface area contributed by atoms with Gasteiger partial charge in [0.25, 0.3) is 11.5 Å². The minimum Gasteiger partial charge on any atom is -0.384 e. The molecule has 152 valence electrons. The topological polar surface area (TPSA) is 81.2 Å². The van der Waals surface area contributed by atoms with Crippen molar-refractivity contribution in [2.45, 2.75) is 24.8 Å². The van der Waals surface area contributed by atoms with Crippen molar-refractivity contribution in [3.05, 3.63) is 94.0 Å². The monoisotopic (exact) mass is 400 g/mol. The Balaban J connectivity index is 1.50. The van der Waals surface area contributed by atoms with Crippen LogP contribution in [0.25, 0.3) is 0 Å². The first-order valence-corrected chi connectivity index (χ1v) is 10.4. The molecule has 0 radical (unpaired) electrons. The van der Waals surface area contributed by atoms with Crippen molar-refractivity contribution in [2.75, 3.05) is 18.8 Å². The van der Waals surface area contributed by atoms with Crippen LogP contribution in [-0.4, -0.2) is 33.4 Å². The molecule has 1 fully saturated rings. The fourth-order valence-electron chi connectivity index (χ4n) is 5.04. The van der Waals surface area contributed by atoms with Crippen LogP contribution in [0.5, 0.6) is 0 Å². The number of pyridine rings is 2. The van der Waals surface area contributed by atoms with E-state index in [9.17, 15) is 9.59 Å². The SMILES string of the molecule is Nc1ccc(C(=O)N2C[C@H]3C[C@@H](C2)[C@H](Cc2ccccc2)n2c3cccc2=O)cn1. The van der Waals surface area contributed by atoms with Crippen molar-refractivity contribution in [2.24, 2.45) is 5.92 Å². The second-order valence-corrected chi connectivity index (χ2v) is 8.29. The molecule has 0 aliphatic carbocycles. The summed E-state index contributed by atoms with van der Waals surface area (Å²) in [6.45, 7) is 1.25. The molecule has 0 unspecified atom stereocenters. The van der Waals surface area contributed by atoms with Gasteiger partial charge in [0, 0.05) is 43.0 Å². The molecule has 2 bridgehead atoms. The van der Waals surface area contributed by atoms with Crippen LogP contribution < -0.4 is 11.3 Å². The van der Waals surface area contributed by atoms with Gasteiger partial charge < -0.3 is 15.2 Å². The number of benzene rings is 1. The number of fused-ring (bicyclic) bond motifs is 4. The lowest BCUT2D eigenvalue weighted by molar-refractivity contribution is 0.0528. The van der Waals surface area contributed by atoms with Gasteiger partial charge in [-0.25, -0.2) is 4.98 Å². The molecule has 2 aliphatic heterocycles. The fourth-order valence-corrected chi connectivity index (χ4v) is 5.04. The number of piperidine rings is 1. The van der Waals surface area contributed by atoms with Gasteiger partial charge in [-0.2, -0.15) is 0 Å². The van der Waals surface area contributed by atoms with Crippen LogP contribution in [0.2, 0.25) is 0 Å². The average Bonchev–Trinajstić information content (AvgIpc) is 2.77. The lowest BCUT2D eigenvalue weighted by atomic mass is 9.76. The Morgan fingerprint density at radius 1 is 1.03 bits per heavy atom. The molecule has 3 aromatic rings. The quantitative estimate of drug-likeness (QED) is 0.733. The van der Waals surface area contributed by atoms with Gasteiger partial charge >= 0.3 is 0 Å². The van der Waals surface area contributed by atoms with Crippen molar-refractivity contribution in [1.29, 1.82) is 0 Å². The smallest absolute Gasteiger partial charge is 0.255 e. The van der Waals surface area contributed by atoms with E-state index in [2.05, 4.69) is 17.1 Å². The largest absolute Gasteiger partial charge is 0.384 e. The number of nitrogens with two attached hydrogens (primary N) is 1. The van der Waals surface area contributed by atoms with Crippen molar-refractivity contribution >= 4 is 11.7 Å². The molecular weight excluding hydrogens is 376 g/mol. The second-order valence-electron chi connectivity index (χ2n) is 8.29. The van der Waals surface area contributed by atoms with E-state index in [1.165, 1.54) is 5.56 Å². The van der Waals surface area contributed by atoms with Crippen LogP contribution >= 0.6 is 0 Å². The van der Waals surface area contributed by atoms with Crippen molar-refractivity contribution in [1.82, 2.24) is 14.5 Å². The number of carbonyl (C=O) groups excluding carboxylic acids is 1. The van der Waals surface area contributed by atoms with Crippen molar-refractivity contribution < 1.29 is 4.79 Å². The van der Waals surface area contributed by atoms with Crippen molar-refractivity contribution in [3.8, 4) is 0 Å². The van der Waals surface area contributed by atoms with Gasteiger partial charge in [-0.15, -0.1) is 0 Å². The first-order valence-electron chi connectivity index (χ1n) is 10.4. The number of anilines is 1. The molecule has 0 spiro atoms. The molecule has 2 N–H and O–H groups in total. The van der Waals surface area contributed by atoms with Gasteiger partial charge in [0.05, 0.1) is 5.56 Å². The zero-order valence-electron chi connectivity index (χ0n) is 16.6. The van der Waals surface area contributed by atoms with Crippen LogP contribution in [0.1, 0.15) is 40.0 Å². The van der Waals surface area contributed by atoms with Crippen LogP contribution in [0.15, 0.2) is 71.7 Å². The molecule has 3 atom stereocenters. The van der Waals surface area contributed by atoms with E-state index < -0.39 is 0 Å². The van der Waals surface area contributed by atoms with Gasteiger partial charge in [0.1, 0.15) is 5.82 Å². The number of carbonyl (C=O) groups is 1. The summed E-state index contributed by atoms with van der Waals surface area (Å²) in [7, 11) is 0. The summed E-state index contributed by atoms with van der Waals surface area (Å²) >= 11 is 0. The zero-order chi connectivity index (χ0) is 20.7. The maximum absolute atomic E-state index is 13.2. The lowest BCUT2D eigenvalue weighted by Gasteiger charge is -2.47. The highest BCUT2D eigenvalue weighted by Gasteiger charge is 2.41. The summed E-state index contributed by atoms with van der Waals surface area (Å²) in [4.78, 5) is 32.0. The number of hydrogen-bond donors (Lipinski definition) is 1. The Morgan fingerprint density at radius 3 is 2.63 bits per heavy atom. The molecule has 6 heteroatoms. The van der Waals surface area contributed by atoms with E-state index in [1.54, 1.807) is 24.4 Å². The van der Waals surface area contributed by atoms with E-state index in [0.717, 1.165) is 18.5 Å².